The Labute approximate surface area is 122 Å². The predicted octanol–water partition coefficient (Wildman–Crippen LogP) is -1.20. The molecule has 118 valence electrons. The van der Waals surface area contributed by atoms with Crippen LogP contribution in [0.3, 0.4) is 0 Å². The first kappa shape index (κ1) is 17.8. The van der Waals surface area contributed by atoms with Gasteiger partial charge in [0, 0.05) is 12.3 Å². The highest BCUT2D eigenvalue weighted by Crippen LogP contribution is 2.21. The molecule has 0 aromatic carbocycles. The van der Waals surface area contributed by atoms with Gasteiger partial charge in [-0.05, 0) is 13.0 Å². The number of hydrogen-bond acceptors (Lipinski definition) is 9. The molecule has 0 aromatic heterocycles. The summed E-state index contributed by atoms with van der Waals surface area (Å²) < 4.78 is 7.95. The Morgan fingerprint density at radius 3 is 2.65 bits per heavy atom. The third kappa shape index (κ3) is 5.24. The Morgan fingerprint density at radius 2 is 2.00 bits per heavy atom. The fourth-order valence-electron chi connectivity index (χ4n) is 1.88. The van der Waals surface area contributed by atoms with Crippen LogP contribution in [0, 0.1) is 4.91 Å². The van der Waals surface area contributed by atoms with E-state index in [9.17, 15) is 20.2 Å². The number of nitrogens with one attached hydrogen (secondary N) is 2. The van der Waals surface area contributed by atoms with Crippen molar-refractivity contribution in [3.63, 3.8) is 0 Å². The maximum absolute atomic E-state index is 10.2. The minimum atomic E-state index is -1.30. The van der Waals surface area contributed by atoms with Crippen molar-refractivity contribution in [2.75, 3.05) is 25.4 Å². The summed E-state index contributed by atoms with van der Waals surface area (Å²) in [6.45, 7) is 3.51. The van der Waals surface area contributed by atoms with E-state index in [4.69, 9.17) is 4.74 Å². The monoisotopic (exact) mass is 309 g/mol. The van der Waals surface area contributed by atoms with E-state index in [2.05, 4.69) is 22.1 Å². The summed E-state index contributed by atoms with van der Waals surface area (Å²) in [7, 11) is 0. The summed E-state index contributed by atoms with van der Waals surface area (Å²) in [5, 5.41) is 35.3. The van der Waals surface area contributed by atoms with Crippen molar-refractivity contribution in [3.05, 3.63) is 4.91 Å². The topological polar surface area (TPSA) is 123 Å². The molecule has 0 saturated carbocycles. The van der Waals surface area contributed by atoms with E-state index in [0.29, 0.717) is 0 Å². The number of ether oxygens (including phenoxy) is 1. The van der Waals surface area contributed by atoms with Gasteiger partial charge in [0.25, 0.3) is 0 Å². The lowest BCUT2D eigenvalue weighted by molar-refractivity contribution is -0.241. The Hall–Kier alpha value is -0.290. The molecule has 5 unspecified atom stereocenters. The van der Waals surface area contributed by atoms with E-state index in [-0.39, 0.29) is 6.54 Å². The van der Waals surface area contributed by atoms with Crippen molar-refractivity contribution in [2.24, 2.45) is 5.18 Å². The number of hydrogen-bond donors (Lipinski definition) is 5. The summed E-state index contributed by atoms with van der Waals surface area (Å²) in [6.07, 6.45) is -3.69. The maximum Gasteiger partial charge on any atom is 0.174 e. The average Bonchev–Trinajstić information content (AvgIpc) is 2.43. The molecule has 1 saturated heterocycles. The van der Waals surface area contributed by atoms with E-state index in [1.165, 1.54) is 11.9 Å². The minimum absolute atomic E-state index is 0.309. The van der Waals surface area contributed by atoms with Crippen LogP contribution in [0.15, 0.2) is 5.18 Å². The minimum Gasteiger partial charge on any atom is -0.388 e. The lowest BCUT2D eigenvalue weighted by Gasteiger charge is -2.39. The van der Waals surface area contributed by atoms with Gasteiger partial charge in [0.2, 0.25) is 0 Å². The lowest BCUT2D eigenvalue weighted by Crippen LogP contribution is -2.62. The van der Waals surface area contributed by atoms with Gasteiger partial charge in [0.15, 0.2) is 6.29 Å². The van der Waals surface area contributed by atoms with Crippen molar-refractivity contribution in [3.8, 4) is 0 Å². The van der Waals surface area contributed by atoms with Gasteiger partial charge in [-0.2, -0.15) is 4.91 Å². The smallest absolute Gasteiger partial charge is 0.174 e. The molecule has 0 aliphatic carbocycles. The molecule has 1 fully saturated rings. The highest BCUT2D eigenvalue weighted by molar-refractivity contribution is 7.97. The van der Waals surface area contributed by atoms with Gasteiger partial charge >= 0.3 is 0 Å². The highest BCUT2D eigenvalue weighted by atomic mass is 32.2. The van der Waals surface area contributed by atoms with Crippen molar-refractivity contribution in [2.45, 2.75) is 44.0 Å². The predicted molar refractivity (Wildman–Crippen MR) is 76.1 cm³/mol. The number of aliphatic hydroxyl groups excluding tert-OH is 3. The number of aliphatic hydroxyl groups is 3. The molecule has 1 rings (SSSR count). The third-order valence-corrected chi connectivity index (χ3v) is 3.85. The van der Waals surface area contributed by atoms with Crippen molar-refractivity contribution in [1.29, 1.82) is 0 Å². The van der Waals surface area contributed by atoms with Crippen LogP contribution in [0.4, 0.5) is 0 Å². The number of nitroso groups, excluding NO2 is 1. The van der Waals surface area contributed by atoms with E-state index in [1.54, 1.807) is 0 Å². The Morgan fingerprint density at radius 1 is 1.25 bits per heavy atom. The average molecular weight is 309 g/mol. The van der Waals surface area contributed by atoms with E-state index in [0.717, 1.165) is 25.3 Å². The molecule has 9 heteroatoms. The van der Waals surface area contributed by atoms with Gasteiger partial charge in [-0.25, -0.2) is 0 Å². The lowest BCUT2D eigenvalue weighted by atomic mass is 9.97. The van der Waals surface area contributed by atoms with E-state index >= 15 is 0 Å². The number of rotatable bonds is 9. The summed E-state index contributed by atoms with van der Waals surface area (Å²) in [5.41, 5.74) is 0. The Bertz CT molecular complexity index is 287. The fraction of sp³-hybridized carbons (Fsp3) is 1.00. The van der Waals surface area contributed by atoms with Crippen LogP contribution in [0.5, 0.6) is 0 Å². The van der Waals surface area contributed by atoms with E-state index in [1.807, 2.05) is 0 Å². The normalized spacial score (nSPS) is 34.1. The molecular formula is C11H23N3O5S. The van der Waals surface area contributed by atoms with Crippen LogP contribution in [0.25, 0.3) is 0 Å². The van der Waals surface area contributed by atoms with Crippen LogP contribution >= 0.6 is 11.9 Å². The fourth-order valence-corrected chi connectivity index (χ4v) is 2.69. The first-order chi connectivity index (χ1) is 9.61. The maximum atomic E-state index is 10.2. The summed E-state index contributed by atoms with van der Waals surface area (Å²) in [4.78, 5) is 10.2. The van der Waals surface area contributed by atoms with Gasteiger partial charge < -0.3 is 25.4 Å². The second-order valence-electron chi connectivity index (χ2n) is 4.60. The molecule has 0 spiro atoms. The Balaban J connectivity index is 2.32. The van der Waals surface area contributed by atoms with Gasteiger partial charge in [-0.15, -0.1) is 0 Å². The zero-order chi connectivity index (χ0) is 15.0. The standard InChI is InChI=1S/C11H23N3O5S/c1-2-3-12-4-5-20-14-8-10(16)9(15)7(6-13-18)19-11(8)17/h7-12,14-17H,2-6H2,1H3. The molecule has 8 nitrogen and oxygen atoms in total. The van der Waals surface area contributed by atoms with Gasteiger partial charge in [-0.1, -0.05) is 24.0 Å². The summed E-state index contributed by atoms with van der Waals surface area (Å²) in [6, 6.07) is -0.816. The van der Waals surface area contributed by atoms with Crippen LogP contribution in [0.2, 0.25) is 0 Å². The second kappa shape index (κ2) is 9.61. The van der Waals surface area contributed by atoms with Gasteiger partial charge in [0.05, 0.1) is 6.04 Å². The van der Waals surface area contributed by atoms with Crippen LogP contribution in [-0.2, 0) is 4.74 Å². The Kier molecular flexibility index (Phi) is 8.53. The molecule has 1 aliphatic rings. The molecule has 1 aliphatic heterocycles. The van der Waals surface area contributed by atoms with Gasteiger partial charge in [0.1, 0.15) is 24.9 Å². The molecule has 5 atom stereocenters. The molecule has 5 N–H and O–H groups in total. The highest BCUT2D eigenvalue weighted by Gasteiger charge is 2.43. The molecule has 1 heterocycles. The first-order valence-corrected chi connectivity index (χ1v) is 7.67. The van der Waals surface area contributed by atoms with Crippen LogP contribution in [0.1, 0.15) is 13.3 Å². The molecule has 20 heavy (non-hydrogen) atoms. The number of nitrogens with zero attached hydrogens (tertiary/aromatic N) is 1. The molecular weight excluding hydrogens is 286 g/mol. The van der Waals surface area contributed by atoms with Crippen molar-refractivity contribution < 1.29 is 20.1 Å². The van der Waals surface area contributed by atoms with Crippen LogP contribution < -0.4 is 10.0 Å². The van der Waals surface area contributed by atoms with Crippen molar-refractivity contribution in [1.82, 2.24) is 10.0 Å². The van der Waals surface area contributed by atoms with Gasteiger partial charge in [-0.3, -0.25) is 4.72 Å². The largest absolute Gasteiger partial charge is 0.388 e. The summed E-state index contributed by atoms with van der Waals surface area (Å²) in [5.74, 6) is 0.741. The molecule has 0 bridgehead atoms. The van der Waals surface area contributed by atoms with Crippen LogP contribution in [-0.4, -0.2) is 71.4 Å². The first-order valence-electron chi connectivity index (χ1n) is 6.68. The quantitative estimate of drug-likeness (QED) is 0.204. The zero-order valence-corrected chi connectivity index (χ0v) is 12.3. The molecule has 0 radical (unpaired) electrons. The summed E-state index contributed by atoms with van der Waals surface area (Å²) >= 11 is 1.33. The zero-order valence-electron chi connectivity index (χ0n) is 11.4. The SMILES string of the molecule is CCCNCCSNC1C(O)OC(CN=O)C(O)C1O. The third-order valence-electron chi connectivity index (χ3n) is 3.00. The molecule has 0 amide bonds. The second-order valence-corrected chi connectivity index (χ2v) is 5.53. The van der Waals surface area contributed by atoms with E-state index < -0.39 is 30.6 Å². The molecule has 0 aromatic rings. The van der Waals surface area contributed by atoms with Crippen molar-refractivity contribution >= 4 is 11.9 Å².